The molecular weight excluding hydrogens is 362 g/mol. The SMILES string of the molecule is COC[C@@H](C)n1c(C)cc(C(=O)COC(=O)c2cc3c(s2)CCCC3)c1C. The average molecular weight is 390 g/mol. The predicted octanol–water partition coefficient (Wildman–Crippen LogP) is 4.29. The molecule has 0 bridgehead atoms. The van der Waals surface area contributed by atoms with Crippen molar-refractivity contribution in [1.82, 2.24) is 4.57 Å². The summed E-state index contributed by atoms with van der Waals surface area (Å²) in [5.41, 5.74) is 3.75. The van der Waals surface area contributed by atoms with Crippen LogP contribution >= 0.6 is 11.3 Å². The number of aromatic nitrogens is 1. The fraction of sp³-hybridized carbons (Fsp3) is 0.524. The number of ketones is 1. The van der Waals surface area contributed by atoms with Gasteiger partial charge in [0.05, 0.1) is 12.6 Å². The molecule has 5 nitrogen and oxygen atoms in total. The van der Waals surface area contributed by atoms with Crippen LogP contribution in [0.25, 0.3) is 0 Å². The highest BCUT2D eigenvalue weighted by Crippen LogP contribution is 2.30. The van der Waals surface area contributed by atoms with Gasteiger partial charge in [-0.05, 0) is 64.2 Å². The Morgan fingerprint density at radius 2 is 1.96 bits per heavy atom. The minimum Gasteiger partial charge on any atom is -0.453 e. The van der Waals surface area contributed by atoms with Gasteiger partial charge in [0.1, 0.15) is 4.88 Å². The van der Waals surface area contributed by atoms with Crippen molar-refractivity contribution in [2.45, 2.75) is 52.5 Å². The number of esters is 1. The molecule has 0 aromatic carbocycles. The van der Waals surface area contributed by atoms with Crippen LogP contribution in [0.15, 0.2) is 12.1 Å². The molecule has 0 N–H and O–H groups in total. The summed E-state index contributed by atoms with van der Waals surface area (Å²) < 4.78 is 12.6. The van der Waals surface area contributed by atoms with Crippen molar-refractivity contribution in [2.75, 3.05) is 20.3 Å². The van der Waals surface area contributed by atoms with E-state index >= 15 is 0 Å². The fourth-order valence-electron chi connectivity index (χ4n) is 3.92. The molecule has 0 radical (unpaired) electrons. The van der Waals surface area contributed by atoms with Crippen molar-refractivity contribution in [3.05, 3.63) is 44.4 Å². The molecule has 0 spiro atoms. The van der Waals surface area contributed by atoms with E-state index in [1.165, 1.54) is 34.6 Å². The first-order valence-corrected chi connectivity index (χ1v) is 10.2. The zero-order valence-corrected chi connectivity index (χ0v) is 17.3. The Morgan fingerprint density at radius 3 is 2.67 bits per heavy atom. The van der Waals surface area contributed by atoms with Crippen LogP contribution in [0.4, 0.5) is 0 Å². The highest BCUT2D eigenvalue weighted by Gasteiger charge is 2.22. The maximum atomic E-state index is 12.6. The van der Waals surface area contributed by atoms with E-state index < -0.39 is 5.97 Å². The number of nitrogens with zero attached hydrogens (tertiary/aromatic N) is 1. The summed E-state index contributed by atoms with van der Waals surface area (Å²) in [6.45, 7) is 6.28. The van der Waals surface area contributed by atoms with Crippen LogP contribution in [-0.2, 0) is 22.3 Å². The van der Waals surface area contributed by atoms with E-state index in [1.807, 2.05) is 26.0 Å². The van der Waals surface area contributed by atoms with Crippen LogP contribution in [-0.4, -0.2) is 36.6 Å². The van der Waals surface area contributed by atoms with E-state index in [0.717, 1.165) is 24.2 Å². The van der Waals surface area contributed by atoms with E-state index in [4.69, 9.17) is 9.47 Å². The second-order valence-electron chi connectivity index (χ2n) is 7.22. The minimum atomic E-state index is -0.399. The summed E-state index contributed by atoms with van der Waals surface area (Å²) >= 11 is 1.51. The fourth-order valence-corrected chi connectivity index (χ4v) is 5.07. The Balaban J connectivity index is 1.66. The lowest BCUT2D eigenvalue weighted by atomic mass is 9.99. The molecule has 1 aliphatic rings. The van der Waals surface area contributed by atoms with Crippen LogP contribution in [0.1, 0.15) is 67.7 Å². The van der Waals surface area contributed by atoms with E-state index in [9.17, 15) is 9.59 Å². The van der Waals surface area contributed by atoms with Crippen LogP contribution in [0, 0.1) is 13.8 Å². The third-order valence-corrected chi connectivity index (χ3v) is 6.38. The molecule has 0 saturated carbocycles. The molecule has 0 amide bonds. The maximum Gasteiger partial charge on any atom is 0.348 e. The van der Waals surface area contributed by atoms with Gasteiger partial charge >= 0.3 is 5.97 Å². The molecule has 1 aliphatic carbocycles. The van der Waals surface area contributed by atoms with E-state index in [2.05, 4.69) is 11.5 Å². The van der Waals surface area contributed by atoms with E-state index in [-0.39, 0.29) is 18.4 Å². The second kappa shape index (κ2) is 8.40. The molecule has 6 heteroatoms. The Bertz CT molecular complexity index is 825. The van der Waals surface area contributed by atoms with E-state index in [1.54, 1.807) is 7.11 Å². The van der Waals surface area contributed by atoms with Gasteiger partial charge in [0.15, 0.2) is 6.61 Å². The zero-order chi connectivity index (χ0) is 19.6. The summed E-state index contributed by atoms with van der Waals surface area (Å²) in [6, 6.07) is 3.93. The van der Waals surface area contributed by atoms with Crippen molar-refractivity contribution in [3.8, 4) is 0 Å². The predicted molar refractivity (Wildman–Crippen MR) is 106 cm³/mol. The number of aryl methyl sites for hydroxylation is 3. The van der Waals surface area contributed by atoms with Crippen molar-refractivity contribution in [3.63, 3.8) is 0 Å². The Labute approximate surface area is 164 Å². The molecule has 0 saturated heterocycles. The first-order valence-electron chi connectivity index (χ1n) is 9.41. The summed E-state index contributed by atoms with van der Waals surface area (Å²) in [6.07, 6.45) is 4.42. The summed E-state index contributed by atoms with van der Waals surface area (Å²) in [5, 5.41) is 0. The molecule has 146 valence electrons. The lowest BCUT2D eigenvalue weighted by molar-refractivity contribution is 0.0479. The Hall–Kier alpha value is -1.92. The van der Waals surface area contributed by atoms with Gasteiger partial charge in [-0.1, -0.05) is 0 Å². The number of rotatable bonds is 7. The number of thiophene rings is 1. The average Bonchev–Trinajstić information content (AvgIpc) is 3.20. The maximum absolute atomic E-state index is 12.6. The third-order valence-electron chi connectivity index (χ3n) is 5.17. The lowest BCUT2D eigenvalue weighted by Gasteiger charge is -2.17. The molecule has 2 aromatic rings. The van der Waals surface area contributed by atoms with Gasteiger partial charge in [0, 0.05) is 28.9 Å². The van der Waals surface area contributed by atoms with Crippen molar-refractivity contribution >= 4 is 23.1 Å². The van der Waals surface area contributed by atoms with Crippen molar-refractivity contribution < 1.29 is 19.1 Å². The van der Waals surface area contributed by atoms with Gasteiger partial charge in [-0.25, -0.2) is 4.79 Å². The molecule has 2 aromatic heterocycles. The first kappa shape index (κ1) is 19.8. The molecule has 0 aliphatic heterocycles. The largest absolute Gasteiger partial charge is 0.453 e. The number of hydrogen-bond acceptors (Lipinski definition) is 5. The second-order valence-corrected chi connectivity index (χ2v) is 8.36. The number of fused-ring (bicyclic) bond motifs is 1. The van der Waals surface area contributed by atoms with Gasteiger partial charge in [-0.15, -0.1) is 11.3 Å². The molecule has 1 atom stereocenters. The van der Waals surface area contributed by atoms with Gasteiger partial charge in [-0.2, -0.15) is 0 Å². The first-order chi connectivity index (χ1) is 12.9. The molecular formula is C21H27NO4S. The number of hydrogen-bond donors (Lipinski definition) is 0. The number of Topliss-reactive ketones (excluding diaryl/α,β-unsaturated/α-hetero) is 1. The summed E-state index contributed by atoms with van der Waals surface area (Å²) in [5.74, 6) is -0.571. The number of ether oxygens (including phenoxy) is 2. The van der Waals surface area contributed by atoms with Gasteiger partial charge in [-0.3, -0.25) is 4.79 Å². The Kier molecular flexibility index (Phi) is 6.17. The van der Waals surface area contributed by atoms with Gasteiger partial charge in [0.25, 0.3) is 0 Å². The number of carbonyl (C=O) groups excluding carboxylic acids is 2. The topological polar surface area (TPSA) is 57.5 Å². The summed E-state index contributed by atoms with van der Waals surface area (Å²) in [4.78, 5) is 26.9. The Morgan fingerprint density at radius 1 is 1.22 bits per heavy atom. The highest BCUT2D eigenvalue weighted by atomic mass is 32.1. The van der Waals surface area contributed by atoms with Gasteiger partial charge < -0.3 is 14.0 Å². The normalized spacial score (nSPS) is 14.7. The number of methoxy groups -OCH3 is 1. The monoisotopic (exact) mass is 389 g/mol. The van der Waals surface area contributed by atoms with Crippen molar-refractivity contribution in [1.29, 1.82) is 0 Å². The quantitative estimate of drug-likeness (QED) is 0.523. The smallest absolute Gasteiger partial charge is 0.348 e. The molecule has 0 unspecified atom stereocenters. The highest BCUT2D eigenvalue weighted by molar-refractivity contribution is 7.14. The summed E-state index contributed by atoms with van der Waals surface area (Å²) in [7, 11) is 1.67. The van der Waals surface area contributed by atoms with Crippen LogP contribution in [0.5, 0.6) is 0 Å². The van der Waals surface area contributed by atoms with Crippen LogP contribution in [0.2, 0.25) is 0 Å². The third kappa shape index (κ3) is 4.17. The van der Waals surface area contributed by atoms with Crippen LogP contribution < -0.4 is 0 Å². The van der Waals surface area contributed by atoms with E-state index in [0.29, 0.717) is 17.0 Å². The minimum absolute atomic E-state index is 0.136. The molecule has 27 heavy (non-hydrogen) atoms. The molecule has 3 rings (SSSR count). The van der Waals surface area contributed by atoms with Crippen molar-refractivity contribution in [2.24, 2.45) is 0 Å². The zero-order valence-electron chi connectivity index (χ0n) is 16.5. The molecule has 0 fully saturated rings. The lowest BCUT2D eigenvalue weighted by Crippen LogP contribution is -2.16. The standard InChI is InChI=1S/C21H27NO4S/c1-13-9-17(15(3)22(13)14(2)11-25-4)18(23)12-26-21(24)20-10-16-7-5-6-8-19(16)27-20/h9-10,14H,5-8,11-12H2,1-4H3/t14-/m1/s1. The molecule has 2 heterocycles. The number of carbonyl (C=O) groups is 2. The van der Waals surface area contributed by atoms with Crippen LogP contribution in [0.3, 0.4) is 0 Å². The van der Waals surface area contributed by atoms with Gasteiger partial charge in [0.2, 0.25) is 5.78 Å².